The summed E-state index contributed by atoms with van der Waals surface area (Å²) in [4.78, 5) is 12.9. The highest BCUT2D eigenvalue weighted by Crippen LogP contribution is 2.28. The highest BCUT2D eigenvalue weighted by atomic mass is 32.2. The summed E-state index contributed by atoms with van der Waals surface area (Å²) >= 11 is 0. The molecule has 1 aliphatic rings. The Bertz CT molecular complexity index is 678. The second-order valence-electron chi connectivity index (χ2n) is 6.94. The third kappa shape index (κ3) is 5.45. The number of benzene rings is 1. The van der Waals surface area contributed by atoms with Crippen LogP contribution in [-0.2, 0) is 24.8 Å². The van der Waals surface area contributed by atoms with Crippen LogP contribution in [0.15, 0.2) is 30.3 Å². The summed E-state index contributed by atoms with van der Waals surface area (Å²) in [6.45, 7) is 4.04. The Morgan fingerprint density at radius 1 is 1.25 bits per heavy atom. The zero-order valence-electron chi connectivity index (χ0n) is 14.0. The van der Waals surface area contributed by atoms with E-state index in [1.165, 1.54) is 4.90 Å². The summed E-state index contributed by atoms with van der Waals surface area (Å²) in [5, 5.41) is 0. The van der Waals surface area contributed by atoms with Crippen LogP contribution >= 0.6 is 0 Å². The SMILES string of the molecule is CC(C)(C)OC(=O)N1CC(F)(COS(=O)(=O)Cc2ccccc2)C1. The van der Waals surface area contributed by atoms with Gasteiger partial charge in [0, 0.05) is 0 Å². The number of rotatable bonds is 5. The molecule has 1 aromatic rings. The van der Waals surface area contributed by atoms with Crippen molar-refractivity contribution in [2.45, 2.75) is 37.8 Å². The number of amides is 1. The van der Waals surface area contributed by atoms with Crippen molar-refractivity contribution >= 4 is 16.2 Å². The normalized spacial score (nSPS) is 17.2. The minimum absolute atomic E-state index is 0.247. The third-order valence-electron chi connectivity index (χ3n) is 3.28. The summed E-state index contributed by atoms with van der Waals surface area (Å²) in [6, 6.07) is 8.50. The molecule has 0 N–H and O–H groups in total. The first-order chi connectivity index (χ1) is 11.0. The fraction of sp³-hybridized carbons (Fsp3) is 0.562. The van der Waals surface area contributed by atoms with E-state index in [-0.39, 0.29) is 18.8 Å². The first-order valence-corrected chi connectivity index (χ1v) is 9.14. The van der Waals surface area contributed by atoms with Gasteiger partial charge in [-0.15, -0.1) is 0 Å². The predicted molar refractivity (Wildman–Crippen MR) is 86.7 cm³/mol. The van der Waals surface area contributed by atoms with Crippen LogP contribution in [0.1, 0.15) is 26.3 Å². The van der Waals surface area contributed by atoms with Crippen molar-refractivity contribution in [3.8, 4) is 0 Å². The van der Waals surface area contributed by atoms with Crippen molar-refractivity contribution in [1.82, 2.24) is 4.90 Å². The van der Waals surface area contributed by atoms with E-state index in [2.05, 4.69) is 0 Å². The lowest BCUT2D eigenvalue weighted by Crippen LogP contribution is -2.63. The van der Waals surface area contributed by atoms with Gasteiger partial charge in [0.2, 0.25) is 0 Å². The first kappa shape index (κ1) is 18.7. The number of nitrogens with zero attached hydrogens (tertiary/aromatic N) is 1. The van der Waals surface area contributed by atoms with Crippen molar-refractivity contribution < 1.29 is 26.5 Å². The lowest BCUT2D eigenvalue weighted by Gasteiger charge is -2.43. The zero-order chi connectivity index (χ0) is 18.0. The van der Waals surface area contributed by atoms with Gasteiger partial charge in [0.05, 0.1) is 13.1 Å². The molecule has 0 saturated carbocycles. The minimum Gasteiger partial charge on any atom is -0.444 e. The standard InChI is InChI=1S/C16H22FNO5S/c1-15(2,3)23-14(19)18-10-16(17,11-18)12-22-24(20,21)9-13-7-5-4-6-8-13/h4-8H,9-12H2,1-3H3. The number of alkyl halides is 1. The number of halogens is 1. The number of likely N-dealkylation sites (tertiary alicyclic amines) is 1. The van der Waals surface area contributed by atoms with Crippen molar-refractivity contribution in [3.05, 3.63) is 35.9 Å². The topological polar surface area (TPSA) is 72.9 Å². The highest BCUT2D eigenvalue weighted by molar-refractivity contribution is 7.85. The number of carbonyl (C=O) groups is 1. The van der Waals surface area contributed by atoms with Crippen molar-refractivity contribution in [2.24, 2.45) is 0 Å². The molecule has 0 aromatic heterocycles. The van der Waals surface area contributed by atoms with Crippen molar-refractivity contribution in [2.75, 3.05) is 19.7 Å². The molecule has 1 aliphatic heterocycles. The van der Waals surface area contributed by atoms with Crippen LogP contribution < -0.4 is 0 Å². The van der Waals surface area contributed by atoms with Gasteiger partial charge in [-0.25, -0.2) is 9.18 Å². The Morgan fingerprint density at radius 3 is 2.38 bits per heavy atom. The average Bonchev–Trinajstić information content (AvgIpc) is 2.41. The van der Waals surface area contributed by atoms with Crippen LogP contribution in [0.3, 0.4) is 0 Å². The smallest absolute Gasteiger partial charge is 0.410 e. The lowest BCUT2D eigenvalue weighted by molar-refractivity contribution is -0.0676. The molecule has 0 atom stereocenters. The molecule has 0 bridgehead atoms. The van der Waals surface area contributed by atoms with E-state index in [4.69, 9.17) is 8.92 Å². The van der Waals surface area contributed by atoms with E-state index in [0.717, 1.165) is 0 Å². The molecule has 8 heteroatoms. The molecule has 6 nitrogen and oxygen atoms in total. The van der Waals surface area contributed by atoms with E-state index >= 15 is 0 Å². The molecule has 1 amide bonds. The van der Waals surface area contributed by atoms with Gasteiger partial charge in [0.25, 0.3) is 10.1 Å². The Kier molecular flexibility index (Phi) is 5.19. The maximum atomic E-state index is 14.4. The van der Waals surface area contributed by atoms with Gasteiger partial charge in [0.15, 0.2) is 5.67 Å². The van der Waals surface area contributed by atoms with Crippen LogP contribution in [-0.4, -0.2) is 50.4 Å². The molecular formula is C16H22FNO5S. The summed E-state index contributed by atoms with van der Waals surface area (Å²) in [5.74, 6) is -0.320. The maximum absolute atomic E-state index is 14.4. The number of hydrogen-bond acceptors (Lipinski definition) is 5. The second kappa shape index (κ2) is 6.68. The summed E-state index contributed by atoms with van der Waals surface area (Å²) in [7, 11) is -3.89. The summed E-state index contributed by atoms with van der Waals surface area (Å²) < 4.78 is 48.1. The molecular weight excluding hydrogens is 337 g/mol. The largest absolute Gasteiger partial charge is 0.444 e. The summed E-state index contributed by atoms with van der Waals surface area (Å²) in [5.41, 5.74) is -1.98. The molecule has 1 heterocycles. The number of hydrogen-bond donors (Lipinski definition) is 0. The van der Waals surface area contributed by atoms with Crippen LogP contribution in [0.4, 0.5) is 9.18 Å². The van der Waals surface area contributed by atoms with Gasteiger partial charge in [-0.1, -0.05) is 30.3 Å². The van der Waals surface area contributed by atoms with Crippen LogP contribution in [0.2, 0.25) is 0 Å². The van der Waals surface area contributed by atoms with E-state index in [0.29, 0.717) is 5.56 Å². The Hall–Kier alpha value is -1.67. The number of ether oxygens (including phenoxy) is 1. The minimum atomic E-state index is -3.89. The fourth-order valence-corrected chi connectivity index (χ4v) is 3.27. The molecule has 0 aliphatic carbocycles. The first-order valence-electron chi connectivity index (χ1n) is 7.56. The van der Waals surface area contributed by atoms with Gasteiger partial charge >= 0.3 is 6.09 Å². The van der Waals surface area contributed by atoms with Crippen LogP contribution in [0, 0.1) is 0 Å². The van der Waals surface area contributed by atoms with Gasteiger partial charge < -0.3 is 9.64 Å². The zero-order valence-corrected chi connectivity index (χ0v) is 14.8. The molecule has 0 spiro atoms. The van der Waals surface area contributed by atoms with Crippen molar-refractivity contribution in [1.29, 1.82) is 0 Å². The molecule has 134 valence electrons. The van der Waals surface area contributed by atoms with E-state index in [9.17, 15) is 17.6 Å². The van der Waals surface area contributed by atoms with E-state index in [1.54, 1.807) is 51.1 Å². The van der Waals surface area contributed by atoms with Gasteiger partial charge in [-0.3, -0.25) is 4.18 Å². The summed E-state index contributed by atoms with van der Waals surface area (Å²) in [6.07, 6.45) is -0.622. The third-order valence-corrected chi connectivity index (χ3v) is 4.45. The molecule has 0 unspecified atom stereocenters. The van der Waals surface area contributed by atoms with Crippen LogP contribution in [0.5, 0.6) is 0 Å². The molecule has 1 saturated heterocycles. The molecule has 1 aromatic carbocycles. The molecule has 0 radical (unpaired) electrons. The Morgan fingerprint density at radius 2 is 1.83 bits per heavy atom. The van der Waals surface area contributed by atoms with Gasteiger partial charge in [-0.05, 0) is 26.3 Å². The second-order valence-corrected chi connectivity index (χ2v) is 8.58. The highest BCUT2D eigenvalue weighted by Gasteiger charge is 2.48. The number of carbonyl (C=O) groups excluding carboxylic acids is 1. The maximum Gasteiger partial charge on any atom is 0.410 e. The van der Waals surface area contributed by atoms with Crippen LogP contribution in [0.25, 0.3) is 0 Å². The Balaban J connectivity index is 1.82. The Labute approximate surface area is 141 Å². The monoisotopic (exact) mass is 359 g/mol. The lowest BCUT2D eigenvalue weighted by atomic mass is 9.98. The van der Waals surface area contributed by atoms with E-state index in [1.807, 2.05) is 0 Å². The van der Waals surface area contributed by atoms with Gasteiger partial charge in [0.1, 0.15) is 18.0 Å². The van der Waals surface area contributed by atoms with E-state index < -0.39 is 34.1 Å². The molecule has 1 fully saturated rings. The molecule has 24 heavy (non-hydrogen) atoms. The quantitative estimate of drug-likeness (QED) is 0.755. The van der Waals surface area contributed by atoms with Crippen molar-refractivity contribution in [3.63, 3.8) is 0 Å². The fourth-order valence-electron chi connectivity index (χ4n) is 2.20. The predicted octanol–water partition coefficient (Wildman–Crippen LogP) is 2.49. The average molecular weight is 359 g/mol. The molecule has 2 rings (SSSR count). The van der Waals surface area contributed by atoms with Gasteiger partial charge in [-0.2, -0.15) is 8.42 Å².